The van der Waals surface area contributed by atoms with Gasteiger partial charge in [-0.1, -0.05) is 12.1 Å². The molecule has 0 aliphatic carbocycles. The number of benzene rings is 1. The Morgan fingerprint density at radius 1 is 1.53 bits per heavy atom. The van der Waals surface area contributed by atoms with Crippen LogP contribution >= 0.6 is 0 Å². The Morgan fingerprint density at radius 3 is 3.00 bits per heavy atom. The van der Waals surface area contributed by atoms with Crippen molar-refractivity contribution in [3.8, 4) is 6.07 Å². The van der Waals surface area contributed by atoms with Gasteiger partial charge in [0.15, 0.2) is 0 Å². The molecule has 0 saturated heterocycles. The first kappa shape index (κ1) is 9.28. The standard InChI is InChI=1S/C11H8N2O2/c1-15-11(14)9-4-2-3-7-5-8(6-12)13-10(7)9/h2-5,13H,1H3. The summed E-state index contributed by atoms with van der Waals surface area (Å²) in [7, 11) is 1.33. The summed E-state index contributed by atoms with van der Waals surface area (Å²) in [4.78, 5) is 14.3. The fourth-order valence-corrected chi connectivity index (χ4v) is 1.50. The molecule has 0 bridgehead atoms. The molecule has 1 aromatic carbocycles. The van der Waals surface area contributed by atoms with E-state index in [0.717, 1.165) is 5.39 Å². The summed E-state index contributed by atoms with van der Waals surface area (Å²) in [6.45, 7) is 0. The Labute approximate surface area is 86.1 Å². The van der Waals surface area contributed by atoms with Crippen molar-refractivity contribution in [2.45, 2.75) is 0 Å². The second-order valence-corrected chi connectivity index (χ2v) is 3.06. The maximum Gasteiger partial charge on any atom is 0.339 e. The lowest BCUT2D eigenvalue weighted by Crippen LogP contribution is -2.01. The minimum atomic E-state index is -0.410. The number of ether oxygens (including phenoxy) is 1. The number of carbonyl (C=O) groups excluding carboxylic acids is 1. The van der Waals surface area contributed by atoms with Crippen LogP contribution < -0.4 is 0 Å². The largest absolute Gasteiger partial charge is 0.465 e. The molecule has 0 spiro atoms. The molecule has 1 aromatic heterocycles. The smallest absolute Gasteiger partial charge is 0.339 e. The summed E-state index contributed by atoms with van der Waals surface area (Å²) < 4.78 is 4.65. The van der Waals surface area contributed by atoms with E-state index in [9.17, 15) is 4.79 Å². The van der Waals surface area contributed by atoms with E-state index in [1.54, 1.807) is 18.2 Å². The third kappa shape index (κ3) is 1.44. The van der Waals surface area contributed by atoms with Gasteiger partial charge >= 0.3 is 5.97 Å². The number of hydrogen-bond acceptors (Lipinski definition) is 3. The molecule has 0 saturated carbocycles. The zero-order valence-corrected chi connectivity index (χ0v) is 8.07. The van der Waals surface area contributed by atoms with Gasteiger partial charge in [-0.3, -0.25) is 0 Å². The van der Waals surface area contributed by atoms with Crippen molar-refractivity contribution in [2.24, 2.45) is 0 Å². The van der Waals surface area contributed by atoms with Gasteiger partial charge in [0.2, 0.25) is 0 Å². The number of H-pyrrole nitrogens is 1. The van der Waals surface area contributed by atoms with Gasteiger partial charge in [-0.05, 0) is 12.1 Å². The zero-order valence-electron chi connectivity index (χ0n) is 8.07. The monoisotopic (exact) mass is 200 g/mol. The van der Waals surface area contributed by atoms with E-state index in [2.05, 4.69) is 9.72 Å². The van der Waals surface area contributed by atoms with Crippen molar-refractivity contribution in [1.29, 1.82) is 5.26 Å². The van der Waals surface area contributed by atoms with Crippen LogP contribution in [0.5, 0.6) is 0 Å². The predicted molar refractivity (Wildman–Crippen MR) is 54.4 cm³/mol. The Hall–Kier alpha value is -2.28. The van der Waals surface area contributed by atoms with Crippen molar-refractivity contribution < 1.29 is 9.53 Å². The number of para-hydroxylation sites is 1. The minimum Gasteiger partial charge on any atom is -0.465 e. The summed E-state index contributed by atoms with van der Waals surface area (Å²) in [5.74, 6) is -0.410. The van der Waals surface area contributed by atoms with E-state index in [1.807, 2.05) is 12.1 Å². The van der Waals surface area contributed by atoms with Crippen LogP contribution in [-0.4, -0.2) is 18.1 Å². The van der Waals surface area contributed by atoms with Gasteiger partial charge in [0.1, 0.15) is 11.8 Å². The quantitative estimate of drug-likeness (QED) is 0.714. The Balaban J connectivity index is 2.71. The SMILES string of the molecule is COC(=O)c1cccc2cc(C#N)[nH]c12. The van der Waals surface area contributed by atoms with Gasteiger partial charge in [0.05, 0.1) is 18.2 Å². The van der Waals surface area contributed by atoms with E-state index in [1.165, 1.54) is 7.11 Å². The number of aromatic amines is 1. The molecular formula is C11H8N2O2. The molecule has 0 atom stereocenters. The van der Waals surface area contributed by atoms with Crippen LogP contribution in [0.15, 0.2) is 24.3 Å². The molecule has 0 unspecified atom stereocenters. The molecule has 1 N–H and O–H groups in total. The summed E-state index contributed by atoms with van der Waals surface area (Å²) >= 11 is 0. The van der Waals surface area contributed by atoms with Gasteiger partial charge in [0, 0.05) is 5.39 Å². The van der Waals surface area contributed by atoms with Crippen LogP contribution in [0, 0.1) is 11.3 Å². The molecule has 2 aromatic rings. The molecule has 0 aliphatic rings. The Bertz CT molecular complexity index is 563. The lowest BCUT2D eigenvalue weighted by atomic mass is 10.1. The third-order valence-electron chi connectivity index (χ3n) is 2.18. The third-order valence-corrected chi connectivity index (χ3v) is 2.18. The minimum absolute atomic E-state index is 0.410. The first-order valence-electron chi connectivity index (χ1n) is 4.36. The maximum atomic E-state index is 11.4. The van der Waals surface area contributed by atoms with E-state index in [4.69, 9.17) is 5.26 Å². The Kier molecular flexibility index (Phi) is 2.14. The predicted octanol–water partition coefficient (Wildman–Crippen LogP) is 1.83. The van der Waals surface area contributed by atoms with Crippen LogP contribution in [0.25, 0.3) is 10.9 Å². The molecule has 0 radical (unpaired) electrons. The molecule has 74 valence electrons. The number of carbonyl (C=O) groups is 1. The van der Waals surface area contributed by atoms with Crippen molar-refractivity contribution >= 4 is 16.9 Å². The average molecular weight is 200 g/mol. The highest BCUT2D eigenvalue weighted by Crippen LogP contribution is 2.19. The second-order valence-electron chi connectivity index (χ2n) is 3.06. The number of methoxy groups -OCH3 is 1. The normalized spacial score (nSPS) is 9.87. The Morgan fingerprint density at radius 2 is 2.33 bits per heavy atom. The van der Waals surface area contributed by atoms with Crippen LogP contribution in [0.4, 0.5) is 0 Å². The highest BCUT2D eigenvalue weighted by Gasteiger charge is 2.11. The molecule has 4 nitrogen and oxygen atoms in total. The number of nitriles is 1. The molecule has 15 heavy (non-hydrogen) atoms. The molecule has 4 heteroatoms. The van der Waals surface area contributed by atoms with Gasteiger partial charge in [-0.25, -0.2) is 4.79 Å². The topological polar surface area (TPSA) is 65.9 Å². The van der Waals surface area contributed by atoms with Gasteiger partial charge in [-0.2, -0.15) is 5.26 Å². The highest BCUT2D eigenvalue weighted by molar-refractivity contribution is 6.03. The van der Waals surface area contributed by atoms with Crippen LogP contribution in [0.3, 0.4) is 0 Å². The lowest BCUT2D eigenvalue weighted by Gasteiger charge is -1.99. The number of esters is 1. The van der Waals surface area contributed by atoms with Crippen molar-refractivity contribution in [3.05, 3.63) is 35.5 Å². The van der Waals surface area contributed by atoms with E-state index in [0.29, 0.717) is 16.8 Å². The van der Waals surface area contributed by atoms with Gasteiger partial charge < -0.3 is 9.72 Å². The average Bonchev–Trinajstić information content (AvgIpc) is 2.70. The number of aromatic nitrogens is 1. The number of hydrogen-bond donors (Lipinski definition) is 1. The molecule has 0 fully saturated rings. The molecule has 0 amide bonds. The second kappa shape index (κ2) is 3.46. The zero-order chi connectivity index (χ0) is 10.8. The van der Waals surface area contributed by atoms with Crippen LogP contribution in [0.2, 0.25) is 0 Å². The van der Waals surface area contributed by atoms with Crippen molar-refractivity contribution in [1.82, 2.24) is 4.98 Å². The van der Waals surface area contributed by atoms with Crippen LogP contribution in [-0.2, 0) is 4.74 Å². The summed E-state index contributed by atoms with van der Waals surface area (Å²) in [5.41, 5.74) is 1.51. The summed E-state index contributed by atoms with van der Waals surface area (Å²) in [6.07, 6.45) is 0. The van der Waals surface area contributed by atoms with Gasteiger partial charge in [0.25, 0.3) is 0 Å². The lowest BCUT2D eigenvalue weighted by molar-refractivity contribution is 0.0603. The first-order valence-corrected chi connectivity index (χ1v) is 4.36. The van der Waals surface area contributed by atoms with E-state index in [-0.39, 0.29) is 0 Å². The van der Waals surface area contributed by atoms with Gasteiger partial charge in [-0.15, -0.1) is 0 Å². The summed E-state index contributed by atoms with van der Waals surface area (Å²) in [6, 6.07) is 8.93. The fourth-order valence-electron chi connectivity index (χ4n) is 1.50. The highest BCUT2D eigenvalue weighted by atomic mass is 16.5. The van der Waals surface area contributed by atoms with E-state index < -0.39 is 5.97 Å². The molecule has 2 rings (SSSR count). The number of fused-ring (bicyclic) bond motifs is 1. The van der Waals surface area contributed by atoms with E-state index >= 15 is 0 Å². The van der Waals surface area contributed by atoms with Crippen LogP contribution in [0.1, 0.15) is 16.1 Å². The molecule has 1 heterocycles. The maximum absolute atomic E-state index is 11.4. The fraction of sp³-hybridized carbons (Fsp3) is 0.0909. The number of rotatable bonds is 1. The first-order chi connectivity index (χ1) is 7.26. The van der Waals surface area contributed by atoms with Crippen molar-refractivity contribution in [2.75, 3.05) is 7.11 Å². The molecule has 0 aliphatic heterocycles. The van der Waals surface area contributed by atoms with Crippen molar-refractivity contribution in [3.63, 3.8) is 0 Å². The number of nitrogens with one attached hydrogen (secondary N) is 1. The summed E-state index contributed by atoms with van der Waals surface area (Å²) in [5, 5.41) is 9.56. The number of nitrogens with zero attached hydrogens (tertiary/aromatic N) is 1. The molecular weight excluding hydrogens is 192 g/mol.